The number of carbonyl (C=O) groups excluding carboxylic acids is 2. The Bertz CT molecular complexity index is 1060. The molecule has 1 aromatic heterocycles. The number of nitrogens with zero attached hydrogens (tertiary/aromatic N) is 2. The lowest BCUT2D eigenvalue weighted by molar-refractivity contribution is -0.116. The number of hydrogen-bond donors (Lipinski definition) is 2. The van der Waals surface area contributed by atoms with E-state index in [1.165, 1.54) is 6.92 Å². The molecular weight excluding hydrogens is 356 g/mol. The molecule has 7 heteroatoms. The summed E-state index contributed by atoms with van der Waals surface area (Å²) >= 11 is 0. The molecule has 0 radical (unpaired) electrons. The van der Waals surface area contributed by atoms with Crippen molar-refractivity contribution >= 4 is 34.2 Å². The molecule has 0 fully saturated rings. The van der Waals surface area contributed by atoms with E-state index in [0.29, 0.717) is 24.5 Å². The summed E-state index contributed by atoms with van der Waals surface area (Å²) in [5.74, 6) is -0.370. The Hall–Kier alpha value is -3.35. The first-order chi connectivity index (χ1) is 13.5. The van der Waals surface area contributed by atoms with Gasteiger partial charge < -0.3 is 10.6 Å². The highest BCUT2D eigenvalue weighted by molar-refractivity contribution is 5.93. The molecule has 0 aliphatic carbocycles. The number of para-hydroxylation sites is 2. The Balaban J connectivity index is 1.72. The molecule has 0 bridgehead atoms. The second-order valence-electron chi connectivity index (χ2n) is 6.63. The molecule has 0 aliphatic rings. The van der Waals surface area contributed by atoms with Crippen LogP contribution in [-0.2, 0) is 22.7 Å². The van der Waals surface area contributed by atoms with Gasteiger partial charge in [-0.3, -0.25) is 18.7 Å². The predicted molar refractivity (Wildman–Crippen MR) is 110 cm³/mol. The van der Waals surface area contributed by atoms with Crippen molar-refractivity contribution in [2.75, 3.05) is 10.6 Å². The fourth-order valence-electron chi connectivity index (χ4n) is 3.24. The SMILES string of the molecule is CCCn1c(=O)n(CCC(=O)Nc2cccc(NC(C)=O)c2)c2ccccc21. The summed E-state index contributed by atoms with van der Waals surface area (Å²) in [5.41, 5.74) is 2.84. The van der Waals surface area contributed by atoms with Gasteiger partial charge in [-0.2, -0.15) is 0 Å². The summed E-state index contributed by atoms with van der Waals surface area (Å²) in [5, 5.41) is 5.49. The minimum absolute atomic E-state index is 0.0940. The second kappa shape index (κ2) is 8.56. The third kappa shape index (κ3) is 4.31. The number of amides is 2. The maximum absolute atomic E-state index is 12.8. The van der Waals surface area contributed by atoms with Gasteiger partial charge >= 0.3 is 5.69 Å². The summed E-state index contributed by atoms with van der Waals surface area (Å²) in [4.78, 5) is 36.3. The van der Waals surface area contributed by atoms with Crippen LogP contribution in [-0.4, -0.2) is 20.9 Å². The van der Waals surface area contributed by atoms with Crippen LogP contribution in [0.15, 0.2) is 53.3 Å². The van der Waals surface area contributed by atoms with Crippen LogP contribution >= 0.6 is 0 Å². The number of nitrogens with one attached hydrogen (secondary N) is 2. The van der Waals surface area contributed by atoms with Gasteiger partial charge in [-0.05, 0) is 36.8 Å². The van der Waals surface area contributed by atoms with Crippen molar-refractivity contribution < 1.29 is 9.59 Å². The van der Waals surface area contributed by atoms with Gasteiger partial charge in [0.05, 0.1) is 11.0 Å². The van der Waals surface area contributed by atoms with Crippen LogP contribution < -0.4 is 16.3 Å². The number of aromatic nitrogens is 2. The van der Waals surface area contributed by atoms with E-state index in [0.717, 1.165) is 17.5 Å². The van der Waals surface area contributed by atoms with Crippen molar-refractivity contribution in [3.8, 4) is 0 Å². The Morgan fingerprint density at radius 2 is 1.50 bits per heavy atom. The molecule has 0 unspecified atom stereocenters. The smallest absolute Gasteiger partial charge is 0.326 e. The molecule has 28 heavy (non-hydrogen) atoms. The maximum atomic E-state index is 12.8. The van der Waals surface area contributed by atoms with E-state index < -0.39 is 0 Å². The lowest BCUT2D eigenvalue weighted by Crippen LogP contribution is -2.26. The van der Waals surface area contributed by atoms with E-state index in [9.17, 15) is 14.4 Å². The van der Waals surface area contributed by atoms with E-state index in [1.807, 2.05) is 31.2 Å². The predicted octanol–water partition coefficient (Wildman–Crippen LogP) is 3.20. The zero-order valence-electron chi connectivity index (χ0n) is 16.1. The largest absolute Gasteiger partial charge is 0.329 e. The zero-order chi connectivity index (χ0) is 20.1. The number of hydrogen-bond acceptors (Lipinski definition) is 3. The molecule has 2 amide bonds. The van der Waals surface area contributed by atoms with Crippen LogP contribution in [0.5, 0.6) is 0 Å². The molecule has 0 spiro atoms. The van der Waals surface area contributed by atoms with Crippen molar-refractivity contribution in [1.82, 2.24) is 9.13 Å². The highest BCUT2D eigenvalue weighted by Gasteiger charge is 2.13. The number of carbonyl (C=O) groups is 2. The molecule has 1 heterocycles. The van der Waals surface area contributed by atoms with E-state index in [1.54, 1.807) is 33.4 Å². The Morgan fingerprint density at radius 3 is 2.11 bits per heavy atom. The standard InChI is InChI=1S/C21H24N4O3/c1-3-12-24-18-9-4-5-10-19(18)25(21(24)28)13-11-20(27)23-17-8-6-7-16(14-17)22-15(2)26/h4-10,14H,3,11-13H2,1-2H3,(H,22,26)(H,23,27). The lowest BCUT2D eigenvalue weighted by Gasteiger charge is -2.08. The van der Waals surface area contributed by atoms with Gasteiger partial charge in [0, 0.05) is 37.8 Å². The minimum atomic E-state index is -0.195. The van der Waals surface area contributed by atoms with Crippen LogP contribution in [0.2, 0.25) is 0 Å². The molecule has 3 aromatic rings. The summed E-state index contributed by atoms with van der Waals surface area (Å²) < 4.78 is 3.41. The molecule has 0 atom stereocenters. The summed E-state index contributed by atoms with van der Waals surface area (Å²) in [7, 11) is 0. The lowest BCUT2D eigenvalue weighted by atomic mass is 10.2. The third-order valence-electron chi connectivity index (χ3n) is 4.40. The molecule has 2 N–H and O–H groups in total. The number of anilines is 2. The third-order valence-corrected chi connectivity index (χ3v) is 4.40. The van der Waals surface area contributed by atoms with Gasteiger partial charge in [0.2, 0.25) is 11.8 Å². The van der Waals surface area contributed by atoms with Gasteiger partial charge in [-0.25, -0.2) is 4.79 Å². The Labute approximate surface area is 163 Å². The Morgan fingerprint density at radius 1 is 0.893 bits per heavy atom. The number of aryl methyl sites for hydroxylation is 2. The highest BCUT2D eigenvalue weighted by atomic mass is 16.2. The zero-order valence-corrected chi connectivity index (χ0v) is 16.1. The van der Waals surface area contributed by atoms with E-state index >= 15 is 0 Å². The molecule has 2 aromatic carbocycles. The van der Waals surface area contributed by atoms with Gasteiger partial charge in [-0.15, -0.1) is 0 Å². The monoisotopic (exact) mass is 380 g/mol. The van der Waals surface area contributed by atoms with Crippen LogP contribution in [0.3, 0.4) is 0 Å². The van der Waals surface area contributed by atoms with Crippen LogP contribution in [0.4, 0.5) is 11.4 Å². The average molecular weight is 380 g/mol. The topological polar surface area (TPSA) is 85.1 Å². The second-order valence-corrected chi connectivity index (χ2v) is 6.63. The molecule has 7 nitrogen and oxygen atoms in total. The van der Waals surface area contributed by atoms with Crippen LogP contribution in [0, 0.1) is 0 Å². The summed E-state index contributed by atoms with van der Waals surface area (Å²) in [6.07, 6.45) is 1.03. The van der Waals surface area contributed by atoms with Gasteiger partial charge in [0.25, 0.3) is 0 Å². The first-order valence-corrected chi connectivity index (χ1v) is 9.35. The fraction of sp³-hybridized carbons (Fsp3) is 0.286. The minimum Gasteiger partial charge on any atom is -0.326 e. The first-order valence-electron chi connectivity index (χ1n) is 9.35. The van der Waals surface area contributed by atoms with Crippen molar-refractivity contribution in [3.63, 3.8) is 0 Å². The number of rotatable bonds is 7. The highest BCUT2D eigenvalue weighted by Crippen LogP contribution is 2.16. The normalized spacial score (nSPS) is 10.8. The summed E-state index contributed by atoms with van der Waals surface area (Å²) in [6, 6.07) is 14.6. The fourth-order valence-corrected chi connectivity index (χ4v) is 3.24. The van der Waals surface area contributed by atoms with E-state index in [-0.39, 0.29) is 23.9 Å². The molecule has 0 saturated heterocycles. The van der Waals surface area contributed by atoms with Gasteiger partial charge in [0.15, 0.2) is 0 Å². The first kappa shape index (κ1) is 19.4. The van der Waals surface area contributed by atoms with Crippen molar-refractivity contribution in [2.24, 2.45) is 0 Å². The molecule has 0 aliphatic heterocycles. The van der Waals surface area contributed by atoms with Crippen LogP contribution in [0.25, 0.3) is 11.0 Å². The van der Waals surface area contributed by atoms with Crippen LogP contribution in [0.1, 0.15) is 26.7 Å². The average Bonchev–Trinajstić information content (AvgIpc) is 2.92. The number of imidazole rings is 1. The Kier molecular flexibility index (Phi) is 5.93. The number of fused-ring (bicyclic) bond motifs is 1. The summed E-state index contributed by atoms with van der Waals surface area (Å²) in [6.45, 7) is 4.40. The molecule has 146 valence electrons. The van der Waals surface area contributed by atoms with E-state index in [2.05, 4.69) is 10.6 Å². The molecule has 0 saturated carbocycles. The van der Waals surface area contributed by atoms with Crippen molar-refractivity contribution in [1.29, 1.82) is 0 Å². The maximum Gasteiger partial charge on any atom is 0.329 e. The van der Waals surface area contributed by atoms with Gasteiger partial charge in [-0.1, -0.05) is 25.1 Å². The number of benzene rings is 2. The van der Waals surface area contributed by atoms with Gasteiger partial charge in [0.1, 0.15) is 0 Å². The molecular formula is C21H24N4O3. The van der Waals surface area contributed by atoms with E-state index in [4.69, 9.17) is 0 Å². The quantitative estimate of drug-likeness (QED) is 0.660. The van der Waals surface area contributed by atoms with Crippen molar-refractivity contribution in [3.05, 3.63) is 59.0 Å². The molecule has 3 rings (SSSR count). The van der Waals surface area contributed by atoms with Crippen molar-refractivity contribution in [2.45, 2.75) is 39.8 Å².